The summed E-state index contributed by atoms with van der Waals surface area (Å²) in [5.74, 6) is 0.733. The standard InChI is InChI=1S/C18H26N2/c1-3-5-8-14(4-2)13-17(19)15-9-6-11-18-16(15)10-7-12-20-18/h6-7,9-12,14,17H,3-5,8,13,19H2,1-2H3. The lowest BCUT2D eigenvalue weighted by Crippen LogP contribution is -2.15. The molecule has 0 aliphatic carbocycles. The molecule has 2 aromatic rings. The van der Waals surface area contributed by atoms with Gasteiger partial charge >= 0.3 is 0 Å². The number of rotatable bonds is 7. The largest absolute Gasteiger partial charge is 0.324 e. The Balaban J connectivity index is 2.16. The van der Waals surface area contributed by atoms with Crippen LogP contribution in [0.5, 0.6) is 0 Å². The molecule has 0 spiro atoms. The van der Waals surface area contributed by atoms with Gasteiger partial charge in [-0.3, -0.25) is 4.98 Å². The van der Waals surface area contributed by atoms with E-state index in [4.69, 9.17) is 5.73 Å². The summed E-state index contributed by atoms with van der Waals surface area (Å²) >= 11 is 0. The SMILES string of the molecule is CCCCC(CC)CC(N)c1cccc2ncccc12. The van der Waals surface area contributed by atoms with Gasteiger partial charge in [0.1, 0.15) is 0 Å². The molecular formula is C18H26N2. The number of hydrogen-bond donors (Lipinski definition) is 1. The second kappa shape index (κ2) is 7.39. The van der Waals surface area contributed by atoms with E-state index >= 15 is 0 Å². The van der Waals surface area contributed by atoms with Gasteiger partial charge in [0.2, 0.25) is 0 Å². The van der Waals surface area contributed by atoms with Crippen molar-refractivity contribution in [3.63, 3.8) is 0 Å². The van der Waals surface area contributed by atoms with E-state index in [1.54, 1.807) is 0 Å². The molecule has 2 atom stereocenters. The van der Waals surface area contributed by atoms with Crippen molar-refractivity contribution in [3.8, 4) is 0 Å². The van der Waals surface area contributed by atoms with Gasteiger partial charge in [-0.1, -0.05) is 57.7 Å². The van der Waals surface area contributed by atoms with Gasteiger partial charge in [-0.15, -0.1) is 0 Å². The number of benzene rings is 1. The van der Waals surface area contributed by atoms with Gasteiger partial charge in [-0.25, -0.2) is 0 Å². The molecule has 2 N–H and O–H groups in total. The minimum atomic E-state index is 0.115. The quantitative estimate of drug-likeness (QED) is 0.781. The molecule has 0 amide bonds. The topological polar surface area (TPSA) is 38.9 Å². The summed E-state index contributed by atoms with van der Waals surface area (Å²) in [7, 11) is 0. The molecule has 2 nitrogen and oxygen atoms in total. The summed E-state index contributed by atoms with van der Waals surface area (Å²) in [6.07, 6.45) is 8.00. The molecule has 2 rings (SSSR count). The van der Waals surface area contributed by atoms with Crippen LogP contribution in [0.2, 0.25) is 0 Å². The van der Waals surface area contributed by atoms with E-state index < -0.39 is 0 Å². The molecule has 2 unspecified atom stereocenters. The highest BCUT2D eigenvalue weighted by Crippen LogP contribution is 2.28. The predicted molar refractivity (Wildman–Crippen MR) is 86.6 cm³/mol. The third kappa shape index (κ3) is 3.57. The van der Waals surface area contributed by atoms with Crippen LogP contribution in [0.25, 0.3) is 10.9 Å². The van der Waals surface area contributed by atoms with Crippen LogP contribution in [0, 0.1) is 5.92 Å². The third-order valence-electron chi connectivity index (χ3n) is 4.21. The van der Waals surface area contributed by atoms with Crippen LogP contribution in [0.4, 0.5) is 0 Å². The van der Waals surface area contributed by atoms with Crippen molar-refractivity contribution in [1.82, 2.24) is 4.98 Å². The Kier molecular flexibility index (Phi) is 5.54. The number of aromatic nitrogens is 1. The van der Waals surface area contributed by atoms with E-state index in [1.165, 1.54) is 36.6 Å². The number of fused-ring (bicyclic) bond motifs is 1. The number of hydrogen-bond acceptors (Lipinski definition) is 2. The number of nitrogens with zero attached hydrogens (tertiary/aromatic N) is 1. The van der Waals surface area contributed by atoms with Crippen LogP contribution in [0.1, 0.15) is 57.6 Å². The summed E-state index contributed by atoms with van der Waals surface area (Å²) in [4.78, 5) is 4.42. The highest BCUT2D eigenvalue weighted by molar-refractivity contribution is 5.82. The summed E-state index contributed by atoms with van der Waals surface area (Å²) in [5.41, 5.74) is 8.77. The summed E-state index contributed by atoms with van der Waals surface area (Å²) in [6, 6.07) is 10.5. The maximum atomic E-state index is 6.48. The molecule has 1 aromatic carbocycles. The molecule has 0 bridgehead atoms. The lowest BCUT2D eigenvalue weighted by atomic mass is 9.88. The van der Waals surface area contributed by atoms with Crippen molar-refractivity contribution in [2.45, 2.75) is 52.0 Å². The Morgan fingerprint density at radius 1 is 1.15 bits per heavy atom. The van der Waals surface area contributed by atoms with Crippen LogP contribution in [0.3, 0.4) is 0 Å². The van der Waals surface area contributed by atoms with Crippen LogP contribution >= 0.6 is 0 Å². The number of unbranched alkanes of at least 4 members (excludes halogenated alkanes) is 1. The normalized spacial score (nSPS) is 14.3. The maximum absolute atomic E-state index is 6.48. The monoisotopic (exact) mass is 270 g/mol. The van der Waals surface area contributed by atoms with E-state index in [1.807, 2.05) is 12.3 Å². The fourth-order valence-corrected chi connectivity index (χ4v) is 2.92. The van der Waals surface area contributed by atoms with E-state index in [0.29, 0.717) is 0 Å². The highest BCUT2D eigenvalue weighted by Gasteiger charge is 2.15. The third-order valence-corrected chi connectivity index (χ3v) is 4.21. The lowest BCUT2D eigenvalue weighted by Gasteiger charge is -2.21. The van der Waals surface area contributed by atoms with Gasteiger partial charge in [-0.2, -0.15) is 0 Å². The molecule has 0 saturated heterocycles. The van der Waals surface area contributed by atoms with Crippen molar-refractivity contribution in [1.29, 1.82) is 0 Å². The van der Waals surface area contributed by atoms with Crippen molar-refractivity contribution >= 4 is 10.9 Å². The number of pyridine rings is 1. The summed E-state index contributed by atoms with van der Waals surface area (Å²) in [6.45, 7) is 4.53. The average Bonchev–Trinajstić information content (AvgIpc) is 2.50. The summed E-state index contributed by atoms with van der Waals surface area (Å²) < 4.78 is 0. The minimum Gasteiger partial charge on any atom is -0.324 e. The molecule has 0 radical (unpaired) electrons. The zero-order valence-electron chi connectivity index (χ0n) is 12.7. The fraction of sp³-hybridized carbons (Fsp3) is 0.500. The van der Waals surface area contributed by atoms with E-state index in [2.05, 4.69) is 43.1 Å². The molecule has 0 saturated carbocycles. The van der Waals surface area contributed by atoms with Crippen molar-refractivity contribution in [3.05, 3.63) is 42.1 Å². The smallest absolute Gasteiger partial charge is 0.0705 e. The first kappa shape index (κ1) is 15.0. The highest BCUT2D eigenvalue weighted by atomic mass is 14.7. The molecule has 108 valence electrons. The van der Waals surface area contributed by atoms with Crippen LogP contribution in [0.15, 0.2) is 36.5 Å². The number of nitrogens with two attached hydrogens (primary N) is 1. The Labute approximate surface area is 122 Å². The van der Waals surface area contributed by atoms with Gasteiger partial charge in [0.15, 0.2) is 0 Å². The van der Waals surface area contributed by atoms with Gasteiger partial charge in [0.05, 0.1) is 5.52 Å². The maximum Gasteiger partial charge on any atom is 0.0705 e. The molecule has 0 fully saturated rings. The Bertz CT molecular complexity index is 530. The van der Waals surface area contributed by atoms with Gasteiger partial charge in [-0.05, 0) is 30.0 Å². The first-order valence-corrected chi connectivity index (χ1v) is 7.85. The van der Waals surface area contributed by atoms with Crippen LogP contribution in [-0.2, 0) is 0 Å². The molecular weight excluding hydrogens is 244 g/mol. The zero-order valence-corrected chi connectivity index (χ0v) is 12.7. The van der Waals surface area contributed by atoms with Gasteiger partial charge in [0, 0.05) is 17.6 Å². The first-order valence-electron chi connectivity index (χ1n) is 7.85. The first-order chi connectivity index (χ1) is 9.76. The second-order valence-electron chi connectivity index (χ2n) is 5.68. The minimum absolute atomic E-state index is 0.115. The molecule has 0 aliphatic heterocycles. The molecule has 0 aliphatic rings. The Morgan fingerprint density at radius 3 is 2.75 bits per heavy atom. The molecule has 20 heavy (non-hydrogen) atoms. The summed E-state index contributed by atoms with van der Waals surface area (Å²) in [5, 5.41) is 1.20. The zero-order chi connectivity index (χ0) is 14.4. The van der Waals surface area contributed by atoms with Gasteiger partial charge < -0.3 is 5.73 Å². The predicted octanol–water partition coefficient (Wildman–Crippen LogP) is 4.84. The van der Waals surface area contributed by atoms with E-state index in [0.717, 1.165) is 17.9 Å². The lowest BCUT2D eigenvalue weighted by molar-refractivity contribution is 0.389. The van der Waals surface area contributed by atoms with Crippen molar-refractivity contribution in [2.75, 3.05) is 0 Å². The molecule has 1 heterocycles. The van der Waals surface area contributed by atoms with Crippen molar-refractivity contribution in [2.24, 2.45) is 11.7 Å². The Morgan fingerprint density at radius 2 is 2.00 bits per heavy atom. The van der Waals surface area contributed by atoms with E-state index in [-0.39, 0.29) is 6.04 Å². The molecule has 2 heteroatoms. The Hall–Kier alpha value is -1.41. The fourth-order valence-electron chi connectivity index (χ4n) is 2.92. The second-order valence-corrected chi connectivity index (χ2v) is 5.68. The van der Waals surface area contributed by atoms with Gasteiger partial charge in [0.25, 0.3) is 0 Å². The van der Waals surface area contributed by atoms with Crippen LogP contribution in [-0.4, -0.2) is 4.98 Å². The average molecular weight is 270 g/mol. The van der Waals surface area contributed by atoms with Crippen molar-refractivity contribution < 1.29 is 0 Å². The molecule has 1 aromatic heterocycles. The van der Waals surface area contributed by atoms with E-state index in [9.17, 15) is 0 Å². The van der Waals surface area contributed by atoms with Crippen LogP contribution < -0.4 is 5.73 Å².